The van der Waals surface area contributed by atoms with Crippen molar-refractivity contribution >= 4 is 7.82 Å². The topological polar surface area (TPSA) is 74.2 Å². The summed E-state index contributed by atoms with van der Waals surface area (Å²) in [6.45, 7) is 7.05. The van der Waals surface area contributed by atoms with E-state index in [0.717, 1.165) is 19.3 Å². The van der Waals surface area contributed by atoms with Gasteiger partial charge in [0.25, 0.3) is 0 Å². The van der Waals surface area contributed by atoms with E-state index in [9.17, 15) is 9.46 Å². The normalized spacial score (nSPS) is 13.7. The molecular weight excluding hydrogens is 742 g/mol. The highest BCUT2D eigenvalue weighted by Gasteiger charge is 2.25. The zero-order chi connectivity index (χ0) is 42.5. The van der Waals surface area contributed by atoms with Gasteiger partial charge in [-0.2, -0.15) is 0 Å². The number of hydrogen-bond donors (Lipinski definition) is 1. The fraction of sp³-hybridized carbons (Fsp3) is 1.00. The van der Waals surface area contributed by atoms with Gasteiger partial charge >= 0.3 is 7.82 Å². The summed E-state index contributed by atoms with van der Waals surface area (Å²) in [6.07, 6.45) is 51.5. The number of quaternary nitrogens is 1. The highest BCUT2D eigenvalue weighted by molar-refractivity contribution is 7.47. The molecule has 350 valence electrons. The summed E-state index contributed by atoms with van der Waals surface area (Å²) in [7, 11) is 1.93. The molecule has 0 fully saturated rings. The minimum absolute atomic E-state index is 0.00350. The fourth-order valence-corrected chi connectivity index (χ4v) is 8.46. The monoisotopic (exact) mass is 847 g/mol. The maximum atomic E-state index is 12.5. The van der Waals surface area contributed by atoms with E-state index in [2.05, 4.69) is 13.8 Å². The Bertz CT molecular complexity index is 839. The molecule has 0 saturated heterocycles. The van der Waals surface area contributed by atoms with Crippen molar-refractivity contribution in [1.82, 2.24) is 0 Å². The molecule has 1 N–H and O–H groups in total. The summed E-state index contributed by atoms with van der Waals surface area (Å²) in [5, 5.41) is 0. The molecule has 58 heavy (non-hydrogen) atoms. The van der Waals surface area contributed by atoms with Crippen molar-refractivity contribution in [2.75, 3.05) is 60.7 Å². The Kier molecular flexibility index (Phi) is 45.0. The van der Waals surface area contributed by atoms with Crippen LogP contribution in [0.1, 0.15) is 258 Å². The molecule has 0 saturated carbocycles. The number of ether oxygens (including phenoxy) is 2. The van der Waals surface area contributed by atoms with Crippen LogP contribution < -0.4 is 0 Å². The fourth-order valence-electron chi connectivity index (χ4n) is 7.72. The molecule has 2 atom stereocenters. The van der Waals surface area contributed by atoms with Gasteiger partial charge in [0.1, 0.15) is 19.3 Å². The molecule has 0 aromatic carbocycles. The van der Waals surface area contributed by atoms with Gasteiger partial charge in [0.05, 0.1) is 34.4 Å². The number of phosphoric ester groups is 1. The van der Waals surface area contributed by atoms with Crippen LogP contribution in [0.4, 0.5) is 0 Å². The van der Waals surface area contributed by atoms with Gasteiger partial charge in [-0.3, -0.25) is 9.05 Å². The number of nitrogens with zero attached hydrogens (tertiary/aromatic N) is 1. The minimum Gasteiger partial charge on any atom is -0.379 e. The van der Waals surface area contributed by atoms with Crippen LogP contribution in [0.15, 0.2) is 0 Å². The molecule has 0 amide bonds. The second-order valence-electron chi connectivity index (χ2n) is 18.9. The second-order valence-corrected chi connectivity index (χ2v) is 20.4. The van der Waals surface area contributed by atoms with Gasteiger partial charge in [0, 0.05) is 13.2 Å². The zero-order valence-corrected chi connectivity index (χ0v) is 41.0. The zero-order valence-electron chi connectivity index (χ0n) is 40.1. The summed E-state index contributed by atoms with van der Waals surface area (Å²) in [6, 6.07) is 0. The van der Waals surface area contributed by atoms with Crippen LogP contribution in [0.2, 0.25) is 0 Å². The van der Waals surface area contributed by atoms with Crippen molar-refractivity contribution in [3.05, 3.63) is 0 Å². The molecule has 0 heterocycles. The molecule has 7 nitrogen and oxygen atoms in total. The molecule has 0 aromatic rings. The van der Waals surface area contributed by atoms with Crippen LogP contribution in [0.25, 0.3) is 0 Å². The van der Waals surface area contributed by atoms with E-state index in [1.165, 1.54) is 225 Å². The van der Waals surface area contributed by atoms with Crippen LogP contribution in [0, 0.1) is 0 Å². The molecule has 8 heteroatoms. The Labute approximate surface area is 363 Å². The van der Waals surface area contributed by atoms with Gasteiger partial charge < -0.3 is 18.9 Å². The van der Waals surface area contributed by atoms with E-state index in [1.807, 2.05) is 21.1 Å². The molecular formula is C50H105NO6P+. The van der Waals surface area contributed by atoms with E-state index in [4.69, 9.17) is 18.5 Å². The summed E-state index contributed by atoms with van der Waals surface area (Å²) in [4.78, 5) is 10.3. The number of likely N-dealkylation sites (N-methyl/N-ethyl adjacent to an activating group) is 1. The molecule has 0 radical (unpaired) electrons. The van der Waals surface area contributed by atoms with E-state index in [0.29, 0.717) is 30.8 Å². The SMILES string of the molecule is CCCCCCCCCCCCCCCCCCCCCOC[C@H](COP(=O)(O)OCC[N+](C)(C)C)OCCCCCCCCCCCCCCCCCCCCC. The molecule has 1 unspecified atom stereocenters. The quantitative estimate of drug-likeness (QED) is 0.0373. The lowest BCUT2D eigenvalue weighted by molar-refractivity contribution is -0.870. The van der Waals surface area contributed by atoms with Gasteiger partial charge in [-0.25, -0.2) is 4.57 Å². The molecule has 0 rings (SSSR count). The Hall–Kier alpha value is -0.0100. The second kappa shape index (κ2) is 45.0. The van der Waals surface area contributed by atoms with E-state index in [-0.39, 0.29) is 19.3 Å². The largest absolute Gasteiger partial charge is 0.472 e. The van der Waals surface area contributed by atoms with Crippen LogP contribution in [-0.2, 0) is 23.1 Å². The summed E-state index contributed by atoms with van der Waals surface area (Å²) in [5.74, 6) is 0. The standard InChI is InChI=1S/C50H104NO6P/c1-6-8-10-12-14-16-18-20-22-24-26-28-30-32-34-36-38-40-42-45-54-48-50(49-57-58(52,53)56-47-44-51(3,4)5)55-46-43-41-39-37-35-33-31-29-27-25-23-21-19-17-15-13-11-9-7-2/h50H,6-49H2,1-5H3/p+1/t50-/m1/s1. The molecule has 0 aliphatic heterocycles. The highest BCUT2D eigenvalue weighted by Crippen LogP contribution is 2.43. The minimum atomic E-state index is -4.14. The lowest BCUT2D eigenvalue weighted by Crippen LogP contribution is -2.37. The first kappa shape index (κ1) is 58.0. The number of rotatable bonds is 50. The first-order chi connectivity index (χ1) is 28.2. The Morgan fingerprint density at radius 1 is 0.397 bits per heavy atom. The molecule has 0 bridgehead atoms. The lowest BCUT2D eigenvalue weighted by atomic mass is 10.0. The van der Waals surface area contributed by atoms with Crippen molar-refractivity contribution in [2.45, 2.75) is 264 Å². The third-order valence-corrected chi connectivity index (χ3v) is 12.7. The average Bonchev–Trinajstić information content (AvgIpc) is 3.18. The van der Waals surface area contributed by atoms with E-state index >= 15 is 0 Å². The third-order valence-electron chi connectivity index (χ3n) is 11.7. The number of phosphoric acid groups is 1. The predicted octanol–water partition coefficient (Wildman–Crippen LogP) is 16.1. The molecule has 0 aliphatic rings. The predicted molar refractivity (Wildman–Crippen MR) is 252 cm³/mol. The Balaban J connectivity index is 3.97. The van der Waals surface area contributed by atoms with Crippen LogP contribution in [0.5, 0.6) is 0 Å². The van der Waals surface area contributed by atoms with Gasteiger partial charge in [-0.05, 0) is 12.8 Å². The first-order valence-corrected chi connectivity index (χ1v) is 27.3. The van der Waals surface area contributed by atoms with Gasteiger partial charge in [0.15, 0.2) is 0 Å². The van der Waals surface area contributed by atoms with Crippen LogP contribution >= 0.6 is 7.82 Å². The maximum Gasteiger partial charge on any atom is 0.472 e. The third kappa shape index (κ3) is 48.7. The van der Waals surface area contributed by atoms with Crippen molar-refractivity contribution in [2.24, 2.45) is 0 Å². The van der Waals surface area contributed by atoms with Gasteiger partial charge in [-0.15, -0.1) is 0 Å². The van der Waals surface area contributed by atoms with Gasteiger partial charge in [0.2, 0.25) is 0 Å². The maximum absolute atomic E-state index is 12.5. The number of hydrogen-bond acceptors (Lipinski definition) is 5. The molecule has 0 aliphatic carbocycles. The summed E-state index contributed by atoms with van der Waals surface area (Å²) in [5.41, 5.74) is 0. The highest BCUT2D eigenvalue weighted by atomic mass is 31.2. The average molecular weight is 847 g/mol. The van der Waals surface area contributed by atoms with E-state index < -0.39 is 7.82 Å². The van der Waals surface area contributed by atoms with E-state index in [1.54, 1.807) is 0 Å². The van der Waals surface area contributed by atoms with Crippen molar-refractivity contribution in [1.29, 1.82) is 0 Å². The summed E-state index contributed by atoms with van der Waals surface area (Å²) >= 11 is 0. The molecule has 0 aromatic heterocycles. The number of unbranched alkanes of at least 4 members (excludes halogenated alkanes) is 36. The van der Waals surface area contributed by atoms with Crippen molar-refractivity contribution in [3.63, 3.8) is 0 Å². The van der Waals surface area contributed by atoms with Crippen molar-refractivity contribution < 1.29 is 32.5 Å². The van der Waals surface area contributed by atoms with Crippen molar-refractivity contribution in [3.8, 4) is 0 Å². The Morgan fingerprint density at radius 2 is 0.690 bits per heavy atom. The van der Waals surface area contributed by atoms with Crippen LogP contribution in [0.3, 0.4) is 0 Å². The lowest BCUT2D eigenvalue weighted by Gasteiger charge is -2.24. The Morgan fingerprint density at radius 3 is 1.00 bits per heavy atom. The first-order valence-electron chi connectivity index (χ1n) is 25.8. The van der Waals surface area contributed by atoms with Crippen LogP contribution in [-0.4, -0.2) is 76.2 Å². The smallest absolute Gasteiger partial charge is 0.379 e. The summed E-state index contributed by atoms with van der Waals surface area (Å²) < 4.78 is 35.9. The molecule has 0 spiro atoms. The van der Waals surface area contributed by atoms with Gasteiger partial charge in [-0.1, -0.05) is 245 Å².